The lowest BCUT2D eigenvalue weighted by Gasteiger charge is -2.27. The molecule has 0 fully saturated rings. The Kier molecular flexibility index (Phi) is 5.71. The summed E-state index contributed by atoms with van der Waals surface area (Å²) >= 11 is 1.70. The van der Waals surface area contributed by atoms with Crippen LogP contribution in [0.1, 0.15) is 15.3 Å². The first-order chi connectivity index (χ1) is 9.19. The van der Waals surface area contributed by atoms with Gasteiger partial charge in [-0.2, -0.15) is 0 Å². The van der Waals surface area contributed by atoms with E-state index in [9.17, 15) is 9.59 Å². The van der Waals surface area contributed by atoms with Crippen LogP contribution in [0.4, 0.5) is 0 Å². The molecule has 1 amide bonds. The zero-order valence-corrected chi connectivity index (χ0v) is 13.3. The average Bonchev–Trinajstić information content (AvgIpc) is 2.54. The first-order valence-electron chi connectivity index (χ1n) is 6.56. The molecule has 20 heavy (non-hydrogen) atoms. The first-order valence-corrected chi connectivity index (χ1v) is 7.38. The van der Waals surface area contributed by atoms with E-state index in [0.717, 1.165) is 5.56 Å². The third kappa shape index (κ3) is 5.71. The van der Waals surface area contributed by atoms with Gasteiger partial charge in [-0.3, -0.25) is 4.79 Å². The molecule has 0 unspecified atom stereocenters. The molecule has 1 aromatic heterocycles. The fourth-order valence-electron chi connectivity index (χ4n) is 2.04. The first kappa shape index (κ1) is 16.7. The number of aliphatic carboxylic acids is 1. The quantitative estimate of drug-likeness (QED) is 0.743. The van der Waals surface area contributed by atoms with E-state index in [1.807, 2.05) is 34.0 Å². The maximum atomic E-state index is 11.9. The summed E-state index contributed by atoms with van der Waals surface area (Å²) in [4.78, 5) is 24.9. The second-order valence-corrected chi connectivity index (χ2v) is 7.14. The van der Waals surface area contributed by atoms with Gasteiger partial charge in [-0.1, -0.05) is 0 Å². The van der Waals surface area contributed by atoms with Gasteiger partial charge in [0.25, 0.3) is 0 Å². The topological polar surface area (TPSA) is 66.4 Å². The number of nitrogens with zero attached hydrogens (tertiary/aromatic N) is 1. The van der Waals surface area contributed by atoms with E-state index in [1.54, 1.807) is 11.3 Å². The molecule has 112 valence electrons. The monoisotopic (exact) mass is 299 g/mol. The normalized spacial score (nSPS) is 11.4. The summed E-state index contributed by atoms with van der Waals surface area (Å²) in [6.07, 6.45) is 0.391. The van der Waals surface area contributed by atoms with Gasteiger partial charge in [0.2, 0.25) is 5.91 Å². The SMILES string of the molecule is Cc1cc(CC(=O)NCC[N+](C)(C)CC(=O)O)c(C)s1. The summed E-state index contributed by atoms with van der Waals surface area (Å²) < 4.78 is 0.353. The zero-order chi connectivity index (χ0) is 15.3. The Morgan fingerprint density at radius 1 is 1.35 bits per heavy atom. The summed E-state index contributed by atoms with van der Waals surface area (Å²) in [7, 11) is 3.68. The number of nitrogens with one attached hydrogen (secondary N) is 1. The molecule has 0 aliphatic heterocycles. The van der Waals surface area contributed by atoms with Crippen molar-refractivity contribution in [2.45, 2.75) is 20.3 Å². The van der Waals surface area contributed by atoms with E-state index in [1.165, 1.54) is 9.75 Å². The van der Waals surface area contributed by atoms with Crippen molar-refractivity contribution in [3.8, 4) is 0 Å². The molecule has 6 heteroatoms. The minimum atomic E-state index is -0.828. The Morgan fingerprint density at radius 3 is 2.50 bits per heavy atom. The van der Waals surface area contributed by atoms with E-state index in [4.69, 9.17) is 5.11 Å². The van der Waals surface area contributed by atoms with Gasteiger partial charge in [0.15, 0.2) is 6.54 Å². The second-order valence-electron chi connectivity index (χ2n) is 5.68. The summed E-state index contributed by atoms with van der Waals surface area (Å²) in [6, 6.07) is 2.05. The zero-order valence-electron chi connectivity index (χ0n) is 12.5. The molecule has 1 aromatic rings. The van der Waals surface area contributed by atoms with E-state index in [2.05, 4.69) is 5.32 Å². The summed E-state index contributed by atoms with van der Waals surface area (Å²) in [5.74, 6) is -0.841. The molecule has 0 saturated carbocycles. The molecule has 0 radical (unpaired) electrons. The number of amides is 1. The molecular formula is C14H23N2O3S+. The van der Waals surface area contributed by atoms with Crippen LogP contribution in [0.25, 0.3) is 0 Å². The number of carboxylic acid groups (broad SMARTS) is 1. The highest BCUT2D eigenvalue weighted by molar-refractivity contribution is 7.12. The van der Waals surface area contributed by atoms with Gasteiger partial charge < -0.3 is 14.9 Å². The Balaban J connectivity index is 2.37. The number of likely N-dealkylation sites (N-methyl/N-ethyl adjacent to an activating group) is 1. The number of quaternary nitrogens is 1. The predicted molar refractivity (Wildman–Crippen MR) is 80.0 cm³/mol. The van der Waals surface area contributed by atoms with Gasteiger partial charge in [0.05, 0.1) is 33.6 Å². The lowest BCUT2D eigenvalue weighted by Crippen LogP contribution is -2.48. The van der Waals surface area contributed by atoms with E-state index >= 15 is 0 Å². The number of aryl methyl sites for hydroxylation is 2. The van der Waals surface area contributed by atoms with Gasteiger partial charge in [-0.05, 0) is 25.5 Å². The van der Waals surface area contributed by atoms with Crippen molar-refractivity contribution in [3.63, 3.8) is 0 Å². The molecule has 1 heterocycles. The van der Waals surface area contributed by atoms with Gasteiger partial charge in [0.1, 0.15) is 0 Å². The minimum Gasteiger partial charge on any atom is -0.477 e. The Labute approximate surface area is 123 Å². The van der Waals surface area contributed by atoms with Gasteiger partial charge in [-0.15, -0.1) is 11.3 Å². The van der Waals surface area contributed by atoms with Crippen LogP contribution in [-0.4, -0.2) is 55.2 Å². The van der Waals surface area contributed by atoms with Crippen LogP contribution in [0.3, 0.4) is 0 Å². The lowest BCUT2D eigenvalue weighted by molar-refractivity contribution is -0.881. The highest BCUT2D eigenvalue weighted by Crippen LogP contribution is 2.20. The molecule has 1 rings (SSSR count). The van der Waals surface area contributed by atoms with Crippen LogP contribution in [0, 0.1) is 13.8 Å². The molecule has 0 aliphatic carbocycles. The van der Waals surface area contributed by atoms with Gasteiger partial charge in [-0.25, -0.2) is 4.79 Å². The molecule has 0 saturated heterocycles. The Hall–Kier alpha value is -1.40. The Bertz CT molecular complexity index is 495. The fraction of sp³-hybridized carbons (Fsp3) is 0.571. The van der Waals surface area contributed by atoms with Gasteiger partial charge in [0, 0.05) is 9.75 Å². The molecular weight excluding hydrogens is 276 g/mol. The maximum absolute atomic E-state index is 11.9. The van der Waals surface area contributed by atoms with Crippen LogP contribution < -0.4 is 5.32 Å². The van der Waals surface area contributed by atoms with Crippen molar-refractivity contribution in [2.24, 2.45) is 0 Å². The number of thiophene rings is 1. The molecule has 5 nitrogen and oxygen atoms in total. The van der Waals surface area contributed by atoms with Gasteiger partial charge >= 0.3 is 5.97 Å². The summed E-state index contributed by atoms with van der Waals surface area (Å²) in [5.41, 5.74) is 1.07. The largest absolute Gasteiger partial charge is 0.477 e. The van der Waals surface area contributed by atoms with Crippen LogP contribution in [0.2, 0.25) is 0 Å². The number of hydrogen-bond donors (Lipinski definition) is 2. The number of rotatable bonds is 7. The number of carbonyl (C=O) groups excluding carboxylic acids is 1. The highest BCUT2D eigenvalue weighted by Gasteiger charge is 2.19. The molecule has 0 spiro atoms. The number of hydrogen-bond acceptors (Lipinski definition) is 3. The van der Waals surface area contributed by atoms with Crippen LogP contribution in [-0.2, 0) is 16.0 Å². The van der Waals surface area contributed by atoms with Crippen molar-refractivity contribution in [2.75, 3.05) is 33.7 Å². The lowest BCUT2D eigenvalue weighted by atomic mass is 10.2. The molecule has 0 bridgehead atoms. The highest BCUT2D eigenvalue weighted by atomic mass is 32.1. The minimum absolute atomic E-state index is 0.0128. The summed E-state index contributed by atoms with van der Waals surface area (Å²) in [6.45, 7) is 5.19. The Morgan fingerprint density at radius 2 is 2.00 bits per heavy atom. The van der Waals surface area contributed by atoms with Crippen LogP contribution in [0.5, 0.6) is 0 Å². The standard InChI is InChI=1S/C14H22N2O3S/c1-10-7-12(11(2)20-10)8-13(17)15-5-6-16(3,4)9-14(18)19/h7H,5-6,8-9H2,1-4H3,(H-,15,17,18,19)/p+1. The van der Waals surface area contributed by atoms with Crippen LogP contribution in [0.15, 0.2) is 6.07 Å². The third-order valence-electron chi connectivity index (χ3n) is 3.10. The summed E-state index contributed by atoms with van der Waals surface area (Å²) in [5, 5.41) is 11.6. The average molecular weight is 299 g/mol. The number of carboxylic acids is 1. The molecule has 2 N–H and O–H groups in total. The van der Waals surface area contributed by atoms with E-state index in [0.29, 0.717) is 24.0 Å². The smallest absolute Gasteiger partial charge is 0.359 e. The molecule has 0 aromatic carbocycles. The second kappa shape index (κ2) is 6.85. The van der Waals surface area contributed by atoms with E-state index in [-0.39, 0.29) is 12.5 Å². The third-order valence-corrected chi connectivity index (χ3v) is 4.11. The van der Waals surface area contributed by atoms with Crippen molar-refractivity contribution < 1.29 is 19.2 Å². The van der Waals surface area contributed by atoms with Crippen molar-refractivity contribution in [1.82, 2.24) is 5.32 Å². The van der Waals surface area contributed by atoms with Crippen molar-refractivity contribution >= 4 is 23.2 Å². The predicted octanol–water partition coefficient (Wildman–Crippen LogP) is 1.18. The fourth-order valence-corrected chi connectivity index (χ4v) is 2.98. The maximum Gasteiger partial charge on any atom is 0.359 e. The van der Waals surface area contributed by atoms with Crippen molar-refractivity contribution in [3.05, 3.63) is 21.4 Å². The van der Waals surface area contributed by atoms with Crippen molar-refractivity contribution in [1.29, 1.82) is 0 Å². The molecule has 0 atom stereocenters. The van der Waals surface area contributed by atoms with E-state index < -0.39 is 5.97 Å². The van der Waals surface area contributed by atoms with Crippen LogP contribution >= 0.6 is 11.3 Å². The number of carbonyl (C=O) groups is 2. The molecule has 0 aliphatic rings.